The first-order chi connectivity index (χ1) is 14.4. The first kappa shape index (κ1) is 20.0. The molecule has 5 nitrogen and oxygen atoms in total. The minimum Gasteiger partial charge on any atom is -0.361 e. The molecule has 0 saturated carbocycles. The zero-order chi connectivity index (χ0) is 21.3. The summed E-state index contributed by atoms with van der Waals surface area (Å²) < 4.78 is 46.4. The van der Waals surface area contributed by atoms with Crippen LogP contribution in [0.25, 0.3) is 10.9 Å². The largest absolute Gasteiger partial charge is 0.361 e. The zero-order valence-electron chi connectivity index (χ0n) is 15.4. The molecule has 30 heavy (non-hydrogen) atoms. The van der Waals surface area contributed by atoms with Crippen LogP contribution in [0.1, 0.15) is 33.5 Å². The van der Waals surface area contributed by atoms with Gasteiger partial charge in [-0.25, -0.2) is 13.2 Å². The summed E-state index contributed by atoms with van der Waals surface area (Å²) in [6.07, 6.45) is 0.269. The Labute approximate surface area is 173 Å². The highest BCUT2D eigenvalue weighted by Gasteiger charge is 2.24. The van der Waals surface area contributed by atoms with E-state index in [0.717, 1.165) is 40.7 Å². The van der Waals surface area contributed by atoms with E-state index in [1.165, 1.54) is 0 Å². The summed E-state index contributed by atoms with van der Waals surface area (Å²) >= 11 is 6.03. The van der Waals surface area contributed by atoms with Gasteiger partial charge in [0.05, 0.1) is 0 Å². The van der Waals surface area contributed by atoms with Gasteiger partial charge in [0, 0.05) is 40.3 Å². The molecule has 2 heterocycles. The molecule has 154 valence electrons. The number of nitrogens with one attached hydrogen (secondary N) is 2. The molecule has 2 aromatic heterocycles. The van der Waals surface area contributed by atoms with Crippen molar-refractivity contribution in [3.63, 3.8) is 0 Å². The van der Waals surface area contributed by atoms with E-state index in [9.17, 15) is 18.0 Å². The van der Waals surface area contributed by atoms with Crippen molar-refractivity contribution in [2.24, 2.45) is 0 Å². The molecule has 0 bridgehead atoms. The number of halogens is 4. The number of alkyl halides is 1. The lowest BCUT2D eigenvalue weighted by Gasteiger charge is -2.06. The fourth-order valence-corrected chi connectivity index (χ4v) is 3.31. The fourth-order valence-electron chi connectivity index (χ4n) is 3.14. The van der Waals surface area contributed by atoms with Gasteiger partial charge in [0.15, 0.2) is 17.6 Å². The van der Waals surface area contributed by atoms with Gasteiger partial charge < -0.3 is 14.8 Å². The van der Waals surface area contributed by atoms with Gasteiger partial charge in [-0.05, 0) is 48.4 Å². The van der Waals surface area contributed by atoms with Gasteiger partial charge >= 0.3 is 0 Å². The molecule has 1 amide bonds. The third-order valence-corrected chi connectivity index (χ3v) is 4.89. The highest BCUT2D eigenvalue weighted by atomic mass is 35.5. The van der Waals surface area contributed by atoms with Crippen LogP contribution in [-0.2, 0) is 6.42 Å². The Balaban J connectivity index is 1.40. The van der Waals surface area contributed by atoms with Gasteiger partial charge in [0.1, 0.15) is 11.6 Å². The van der Waals surface area contributed by atoms with Gasteiger partial charge in [-0.1, -0.05) is 16.8 Å². The van der Waals surface area contributed by atoms with Crippen LogP contribution in [0.4, 0.5) is 13.2 Å². The average Bonchev–Trinajstić information content (AvgIpc) is 3.37. The molecular formula is C21H15ClF3N3O2. The van der Waals surface area contributed by atoms with E-state index in [0.29, 0.717) is 11.4 Å². The van der Waals surface area contributed by atoms with E-state index in [1.54, 1.807) is 6.07 Å². The Hall–Kier alpha value is -3.26. The van der Waals surface area contributed by atoms with Crippen LogP contribution >= 0.6 is 11.6 Å². The van der Waals surface area contributed by atoms with Gasteiger partial charge in [-0.2, -0.15) is 0 Å². The third kappa shape index (κ3) is 4.04. The molecule has 9 heteroatoms. The molecule has 0 aliphatic rings. The number of H-pyrrole nitrogens is 1. The van der Waals surface area contributed by atoms with Crippen molar-refractivity contribution in [1.82, 2.24) is 15.5 Å². The molecule has 0 fully saturated rings. The molecule has 0 saturated heterocycles. The van der Waals surface area contributed by atoms with Crippen molar-refractivity contribution >= 4 is 28.4 Å². The average molecular weight is 434 g/mol. The van der Waals surface area contributed by atoms with Gasteiger partial charge in [-0.3, -0.25) is 4.79 Å². The summed E-state index contributed by atoms with van der Waals surface area (Å²) in [4.78, 5) is 15.4. The third-order valence-electron chi connectivity index (χ3n) is 4.65. The summed E-state index contributed by atoms with van der Waals surface area (Å²) in [5.41, 5.74) is 1.21. The second kappa shape index (κ2) is 8.23. The van der Waals surface area contributed by atoms with Gasteiger partial charge in [0.2, 0.25) is 0 Å². The quantitative estimate of drug-likeness (QED) is 0.443. The Morgan fingerprint density at radius 3 is 2.87 bits per heavy atom. The molecule has 1 atom stereocenters. The number of nitrogens with zero attached hydrogens (tertiary/aromatic N) is 1. The van der Waals surface area contributed by atoms with Crippen molar-refractivity contribution in [2.45, 2.75) is 12.6 Å². The first-order valence-electron chi connectivity index (χ1n) is 9.01. The van der Waals surface area contributed by atoms with Crippen molar-refractivity contribution in [3.05, 3.63) is 87.9 Å². The first-order valence-corrected chi connectivity index (χ1v) is 9.39. The minimum absolute atomic E-state index is 0.161. The number of rotatable bonds is 6. The molecular weight excluding hydrogens is 419 g/mol. The number of carbonyl (C=O) groups is 1. The number of hydrogen-bond acceptors (Lipinski definition) is 3. The molecule has 0 aliphatic heterocycles. The van der Waals surface area contributed by atoms with Crippen LogP contribution in [0.3, 0.4) is 0 Å². The minimum atomic E-state index is -2.09. The molecule has 2 N–H and O–H groups in total. The lowest BCUT2D eigenvalue weighted by atomic mass is 10.1. The lowest BCUT2D eigenvalue weighted by molar-refractivity contribution is 0.0944. The maximum Gasteiger partial charge on any atom is 0.273 e. The molecule has 4 aromatic rings. The number of carbonyl (C=O) groups excluding carboxylic acids is 1. The summed E-state index contributed by atoms with van der Waals surface area (Å²) in [6, 6.07) is 8.98. The topological polar surface area (TPSA) is 70.9 Å². The van der Waals surface area contributed by atoms with E-state index in [4.69, 9.17) is 16.1 Å². The molecule has 1 unspecified atom stereocenters. The number of hydrogen-bond donors (Lipinski definition) is 2. The summed E-state index contributed by atoms with van der Waals surface area (Å²) in [5.74, 6) is -2.68. The Bertz CT molecular complexity index is 1220. The van der Waals surface area contributed by atoms with E-state index in [2.05, 4.69) is 15.5 Å². The van der Waals surface area contributed by atoms with Crippen LogP contribution in [-0.4, -0.2) is 22.6 Å². The van der Waals surface area contributed by atoms with Crippen molar-refractivity contribution in [2.75, 3.05) is 6.54 Å². The number of benzene rings is 2. The Morgan fingerprint density at radius 2 is 2.03 bits per heavy atom. The van der Waals surface area contributed by atoms with Crippen LogP contribution < -0.4 is 5.32 Å². The highest BCUT2D eigenvalue weighted by molar-refractivity contribution is 6.31. The standard InChI is InChI=1S/C21H15ClF3N3O2/c22-12-1-4-17-14(7-12)11(10-27-17)5-6-26-21(29)18-9-19(30-28-18)20(25)15-8-13(23)2-3-16(15)24/h1-4,7-10,20,27H,5-6H2,(H,26,29). The molecule has 4 rings (SSSR count). The molecule has 0 radical (unpaired) electrons. The maximum absolute atomic E-state index is 14.5. The number of fused-ring (bicyclic) bond motifs is 1. The maximum atomic E-state index is 14.5. The van der Waals surface area contributed by atoms with E-state index in [-0.39, 0.29) is 12.2 Å². The normalized spacial score (nSPS) is 12.3. The molecule has 0 aliphatic carbocycles. The van der Waals surface area contributed by atoms with Crippen LogP contribution in [0.2, 0.25) is 5.02 Å². The highest BCUT2D eigenvalue weighted by Crippen LogP contribution is 2.29. The van der Waals surface area contributed by atoms with E-state index < -0.39 is 35.0 Å². The van der Waals surface area contributed by atoms with E-state index in [1.807, 2.05) is 18.3 Å². The fraction of sp³-hybridized carbons (Fsp3) is 0.143. The van der Waals surface area contributed by atoms with Crippen molar-refractivity contribution in [1.29, 1.82) is 0 Å². The number of amides is 1. The second-order valence-electron chi connectivity index (χ2n) is 6.65. The Kier molecular flexibility index (Phi) is 5.50. The smallest absolute Gasteiger partial charge is 0.273 e. The monoisotopic (exact) mass is 433 g/mol. The Morgan fingerprint density at radius 1 is 1.20 bits per heavy atom. The molecule has 0 spiro atoms. The summed E-state index contributed by atoms with van der Waals surface area (Å²) in [6.45, 7) is 0.290. The predicted molar refractivity (Wildman–Crippen MR) is 105 cm³/mol. The SMILES string of the molecule is O=C(NCCc1c[nH]c2ccc(Cl)cc12)c1cc(C(F)c2cc(F)ccc2F)on1. The van der Waals surface area contributed by atoms with Gasteiger partial charge in [0.25, 0.3) is 5.91 Å². The number of aromatic amines is 1. The van der Waals surface area contributed by atoms with Crippen LogP contribution in [0.5, 0.6) is 0 Å². The van der Waals surface area contributed by atoms with Crippen LogP contribution in [0.15, 0.2) is 53.2 Å². The summed E-state index contributed by atoms with van der Waals surface area (Å²) in [5, 5.41) is 7.75. The van der Waals surface area contributed by atoms with Crippen molar-refractivity contribution in [3.8, 4) is 0 Å². The van der Waals surface area contributed by atoms with Crippen molar-refractivity contribution < 1.29 is 22.5 Å². The second-order valence-corrected chi connectivity index (χ2v) is 7.09. The van der Waals surface area contributed by atoms with Crippen LogP contribution in [0, 0.1) is 11.6 Å². The molecule has 2 aromatic carbocycles. The lowest BCUT2D eigenvalue weighted by Crippen LogP contribution is -2.25. The summed E-state index contributed by atoms with van der Waals surface area (Å²) in [7, 11) is 0. The zero-order valence-corrected chi connectivity index (χ0v) is 16.1. The predicted octanol–water partition coefficient (Wildman–Crippen LogP) is 5.12. The van der Waals surface area contributed by atoms with Gasteiger partial charge in [-0.15, -0.1) is 0 Å². The number of aromatic nitrogens is 2. The van der Waals surface area contributed by atoms with E-state index >= 15 is 0 Å².